The summed E-state index contributed by atoms with van der Waals surface area (Å²) in [6, 6.07) is 3.59. The lowest BCUT2D eigenvalue weighted by Crippen LogP contribution is -2.30. The van der Waals surface area contributed by atoms with Crippen molar-refractivity contribution < 1.29 is 4.79 Å². The fourth-order valence-electron chi connectivity index (χ4n) is 1.59. The molecule has 0 aromatic heterocycles. The molecule has 0 aliphatic carbocycles. The van der Waals surface area contributed by atoms with Gasteiger partial charge in [-0.25, -0.2) is 4.79 Å². The van der Waals surface area contributed by atoms with Crippen LogP contribution >= 0.6 is 0 Å². The van der Waals surface area contributed by atoms with E-state index in [9.17, 15) is 4.79 Å². The Balaban J connectivity index is 2.68. The van der Waals surface area contributed by atoms with Gasteiger partial charge in [-0.2, -0.15) is 0 Å². The Bertz CT molecular complexity index is 402. The van der Waals surface area contributed by atoms with Crippen molar-refractivity contribution in [2.45, 2.75) is 33.6 Å². The van der Waals surface area contributed by atoms with Gasteiger partial charge in [-0.15, -0.1) is 0 Å². The lowest BCUT2D eigenvalue weighted by Gasteiger charge is -2.14. The summed E-state index contributed by atoms with van der Waals surface area (Å²) < 4.78 is 0. The molecule has 1 rings (SSSR count). The SMILES string of the molecule is CCCCNC(=O)Nc1c(C)ccc(N)c1C. The molecule has 0 saturated carbocycles. The second kappa shape index (κ2) is 6.13. The van der Waals surface area contributed by atoms with Crippen LogP contribution in [0, 0.1) is 13.8 Å². The standard InChI is InChI=1S/C13H21N3O/c1-4-5-8-15-13(17)16-12-9(2)6-7-11(14)10(12)3/h6-7H,4-5,8,14H2,1-3H3,(H2,15,16,17). The molecule has 1 aromatic rings. The first-order valence-corrected chi connectivity index (χ1v) is 5.96. The fraction of sp³-hybridized carbons (Fsp3) is 0.462. The van der Waals surface area contributed by atoms with Crippen LogP contribution in [0.2, 0.25) is 0 Å². The van der Waals surface area contributed by atoms with Crippen LogP contribution in [0.25, 0.3) is 0 Å². The van der Waals surface area contributed by atoms with Gasteiger partial charge in [-0.3, -0.25) is 0 Å². The van der Waals surface area contributed by atoms with E-state index in [4.69, 9.17) is 5.73 Å². The molecule has 0 aliphatic heterocycles. The summed E-state index contributed by atoms with van der Waals surface area (Å²) in [6.07, 6.45) is 2.05. The van der Waals surface area contributed by atoms with Crippen molar-refractivity contribution in [2.24, 2.45) is 0 Å². The van der Waals surface area contributed by atoms with Crippen molar-refractivity contribution in [3.8, 4) is 0 Å². The van der Waals surface area contributed by atoms with Crippen LogP contribution < -0.4 is 16.4 Å². The summed E-state index contributed by atoms with van der Waals surface area (Å²) in [4.78, 5) is 11.6. The van der Waals surface area contributed by atoms with Gasteiger partial charge in [0.1, 0.15) is 0 Å². The maximum atomic E-state index is 11.6. The maximum Gasteiger partial charge on any atom is 0.319 e. The predicted octanol–water partition coefficient (Wildman–Crippen LogP) is 2.81. The Labute approximate surface area is 103 Å². The molecule has 0 spiro atoms. The zero-order valence-corrected chi connectivity index (χ0v) is 10.8. The van der Waals surface area contributed by atoms with Gasteiger partial charge in [0.2, 0.25) is 0 Å². The van der Waals surface area contributed by atoms with E-state index in [2.05, 4.69) is 17.6 Å². The number of carbonyl (C=O) groups is 1. The Kier molecular flexibility index (Phi) is 4.82. The van der Waals surface area contributed by atoms with E-state index >= 15 is 0 Å². The van der Waals surface area contributed by atoms with Crippen LogP contribution in [0.15, 0.2) is 12.1 Å². The molecule has 2 amide bonds. The summed E-state index contributed by atoms with van der Waals surface area (Å²) in [7, 11) is 0. The molecular weight excluding hydrogens is 214 g/mol. The minimum absolute atomic E-state index is 0.171. The summed E-state index contributed by atoms with van der Waals surface area (Å²) in [5, 5.41) is 5.66. The van der Waals surface area contributed by atoms with E-state index < -0.39 is 0 Å². The quantitative estimate of drug-likeness (QED) is 0.555. The van der Waals surface area contributed by atoms with Gasteiger partial charge in [0.05, 0.1) is 5.69 Å². The van der Waals surface area contributed by atoms with Crippen molar-refractivity contribution in [1.82, 2.24) is 5.32 Å². The highest BCUT2D eigenvalue weighted by atomic mass is 16.2. The van der Waals surface area contributed by atoms with Crippen LogP contribution in [-0.2, 0) is 0 Å². The molecule has 4 heteroatoms. The van der Waals surface area contributed by atoms with Gasteiger partial charge in [0, 0.05) is 12.2 Å². The van der Waals surface area contributed by atoms with E-state index in [1.54, 1.807) is 0 Å². The first kappa shape index (κ1) is 13.4. The summed E-state index contributed by atoms with van der Waals surface area (Å²) in [5.74, 6) is 0. The van der Waals surface area contributed by atoms with Crippen molar-refractivity contribution in [3.05, 3.63) is 23.3 Å². The van der Waals surface area contributed by atoms with Crippen LogP contribution in [0.1, 0.15) is 30.9 Å². The Morgan fingerprint density at radius 1 is 1.35 bits per heavy atom. The number of urea groups is 1. The van der Waals surface area contributed by atoms with Gasteiger partial charge < -0.3 is 16.4 Å². The lowest BCUT2D eigenvalue weighted by molar-refractivity contribution is 0.252. The predicted molar refractivity (Wildman–Crippen MR) is 72.3 cm³/mol. The van der Waals surface area contributed by atoms with Crippen LogP contribution in [0.5, 0.6) is 0 Å². The normalized spacial score (nSPS) is 10.1. The number of carbonyl (C=O) groups excluding carboxylic acids is 1. The molecule has 94 valence electrons. The van der Waals surface area contributed by atoms with E-state index in [0.717, 1.165) is 29.7 Å². The molecule has 4 nitrogen and oxygen atoms in total. The van der Waals surface area contributed by atoms with Crippen molar-refractivity contribution >= 4 is 17.4 Å². The molecular formula is C13H21N3O. The third-order valence-corrected chi connectivity index (χ3v) is 2.77. The topological polar surface area (TPSA) is 67.2 Å². The highest BCUT2D eigenvalue weighted by Crippen LogP contribution is 2.24. The first-order chi connectivity index (χ1) is 8.06. The third-order valence-electron chi connectivity index (χ3n) is 2.77. The monoisotopic (exact) mass is 235 g/mol. The van der Waals surface area contributed by atoms with E-state index in [1.807, 2.05) is 26.0 Å². The summed E-state index contributed by atoms with van der Waals surface area (Å²) in [6.45, 7) is 6.65. The molecule has 0 bridgehead atoms. The first-order valence-electron chi connectivity index (χ1n) is 5.96. The van der Waals surface area contributed by atoms with Crippen LogP contribution in [0.3, 0.4) is 0 Å². The van der Waals surface area contributed by atoms with E-state index in [0.29, 0.717) is 12.2 Å². The average molecular weight is 235 g/mol. The molecule has 0 unspecified atom stereocenters. The second-order valence-corrected chi connectivity index (χ2v) is 4.21. The number of rotatable bonds is 4. The number of nitrogens with two attached hydrogens (primary N) is 1. The van der Waals surface area contributed by atoms with E-state index in [1.165, 1.54) is 0 Å². The van der Waals surface area contributed by atoms with Crippen LogP contribution in [0.4, 0.5) is 16.2 Å². The Hall–Kier alpha value is -1.71. The van der Waals surface area contributed by atoms with Gasteiger partial charge in [-0.1, -0.05) is 19.4 Å². The Morgan fingerprint density at radius 3 is 2.71 bits per heavy atom. The zero-order valence-electron chi connectivity index (χ0n) is 10.8. The number of hydrogen-bond acceptors (Lipinski definition) is 2. The molecule has 0 heterocycles. The number of aryl methyl sites for hydroxylation is 1. The summed E-state index contributed by atoms with van der Waals surface area (Å²) in [5.41, 5.74) is 9.24. The fourth-order valence-corrected chi connectivity index (χ4v) is 1.59. The smallest absolute Gasteiger partial charge is 0.319 e. The number of hydrogen-bond donors (Lipinski definition) is 3. The molecule has 0 atom stereocenters. The molecule has 1 aromatic carbocycles. The van der Waals surface area contributed by atoms with Gasteiger partial charge >= 0.3 is 6.03 Å². The zero-order chi connectivity index (χ0) is 12.8. The number of amides is 2. The minimum atomic E-state index is -0.171. The molecule has 17 heavy (non-hydrogen) atoms. The molecule has 0 aliphatic rings. The van der Waals surface area contributed by atoms with Crippen molar-refractivity contribution in [1.29, 1.82) is 0 Å². The molecule has 0 fully saturated rings. The summed E-state index contributed by atoms with van der Waals surface area (Å²) >= 11 is 0. The highest BCUT2D eigenvalue weighted by molar-refractivity contribution is 5.92. The number of nitrogen functional groups attached to an aromatic ring is 1. The number of benzene rings is 1. The lowest BCUT2D eigenvalue weighted by atomic mass is 10.1. The van der Waals surface area contributed by atoms with Crippen molar-refractivity contribution in [3.63, 3.8) is 0 Å². The molecule has 4 N–H and O–H groups in total. The van der Waals surface area contributed by atoms with Crippen molar-refractivity contribution in [2.75, 3.05) is 17.6 Å². The van der Waals surface area contributed by atoms with Gasteiger partial charge in [-0.05, 0) is 37.5 Å². The van der Waals surface area contributed by atoms with Gasteiger partial charge in [0.15, 0.2) is 0 Å². The second-order valence-electron chi connectivity index (χ2n) is 4.21. The third kappa shape index (κ3) is 3.66. The number of unbranched alkanes of at least 4 members (excludes halogenated alkanes) is 1. The highest BCUT2D eigenvalue weighted by Gasteiger charge is 2.08. The minimum Gasteiger partial charge on any atom is -0.398 e. The average Bonchev–Trinajstić information content (AvgIpc) is 2.30. The molecule has 0 saturated heterocycles. The molecule has 0 radical (unpaired) electrons. The van der Waals surface area contributed by atoms with Crippen LogP contribution in [-0.4, -0.2) is 12.6 Å². The Morgan fingerprint density at radius 2 is 2.06 bits per heavy atom. The van der Waals surface area contributed by atoms with E-state index in [-0.39, 0.29) is 6.03 Å². The number of anilines is 2. The number of nitrogens with one attached hydrogen (secondary N) is 2. The van der Waals surface area contributed by atoms with Gasteiger partial charge in [0.25, 0.3) is 0 Å². The largest absolute Gasteiger partial charge is 0.398 e. The maximum absolute atomic E-state index is 11.6.